The van der Waals surface area contributed by atoms with Crippen molar-refractivity contribution in [3.8, 4) is 11.9 Å². The quantitative estimate of drug-likeness (QED) is 0.165. The normalized spacial score (nSPS) is 28.3. The van der Waals surface area contributed by atoms with Gasteiger partial charge in [0.2, 0.25) is 5.60 Å². The molecule has 0 spiro atoms. The van der Waals surface area contributed by atoms with E-state index in [-0.39, 0.29) is 16.5 Å². The van der Waals surface area contributed by atoms with Crippen LogP contribution in [0.1, 0.15) is 5.56 Å². The van der Waals surface area contributed by atoms with E-state index in [1.807, 2.05) is 4.98 Å². The van der Waals surface area contributed by atoms with E-state index in [4.69, 9.17) is 19.4 Å². The lowest BCUT2D eigenvalue weighted by Crippen LogP contribution is -2.40. The van der Waals surface area contributed by atoms with Gasteiger partial charge in [0.05, 0.1) is 12.8 Å². The molecule has 6 atom stereocenters. The van der Waals surface area contributed by atoms with Crippen LogP contribution in [0.4, 0.5) is 0 Å². The monoisotopic (exact) mass is 560 g/mol. The van der Waals surface area contributed by atoms with Crippen LogP contribution in [0.5, 0.6) is 5.88 Å². The molecular weight excluding hydrogens is 545 g/mol. The predicted molar refractivity (Wildman–Crippen MR) is 106 cm³/mol. The molecule has 1 aliphatic heterocycles. The van der Waals surface area contributed by atoms with E-state index in [2.05, 4.69) is 23.3 Å². The van der Waals surface area contributed by atoms with Crippen molar-refractivity contribution in [3.05, 3.63) is 28.2 Å². The zero-order chi connectivity index (χ0) is 26.4. The third-order valence-corrected chi connectivity index (χ3v) is 8.27. The number of phosphoric acid groups is 3. The van der Waals surface area contributed by atoms with Gasteiger partial charge in [0.25, 0.3) is 5.56 Å². The average Bonchev–Trinajstić information content (AvgIpc) is 2.94. The highest BCUT2D eigenvalue weighted by Crippen LogP contribution is 2.66. The Labute approximate surface area is 192 Å². The second-order valence-corrected chi connectivity index (χ2v) is 11.3. The Hall–Kier alpha value is -2.13. The maximum absolute atomic E-state index is 12.0. The maximum Gasteiger partial charge on any atom is 0.490 e. The summed E-state index contributed by atoms with van der Waals surface area (Å²) in [5.74, 6) is -0.651. The summed E-state index contributed by atoms with van der Waals surface area (Å²) in [6.07, 6.45) is -5.02. The van der Waals surface area contributed by atoms with E-state index in [0.29, 0.717) is 0 Å². The van der Waals surface area contributed by atoms with E-state index in [1.165, 1.54) is 0 Å². The highest BCUT2D eigenvalue weighted by Gasteiger charge is 2.57. The Balaban J connectivity index is 1.88. The zero-order valence-corrected chi connectivity index (χ0v) is 19.4. The number of nitrogens with one attached hydrogen (secondary N) is 1. The molecule has 35 heavy (non-hydrogen) atoms. The molecule has 2 aromatic rings. The lowest BCUT2D eigenvalue weighted by molar-refractivity contribution is -0.0597. The first-order valence-corrected chi connectivity index (χ1v) is 13.3. The van der Waals surface area contributed by atoms with E-state index >= 15 is 0 Å². The molecule has 22 heteroatoms. The van der Waals surface area contributed by atoms with Gasteiger partial charge in [0.15, 0.2) is 11.4 Å². The van der Waals surface area contributed by atoms with Gasteiger partial charge in [0, 0.05) is 17.0 Å². The number of nitriles is 1. The van der Waals surface area contributed by atoms with Gasteiger partial charge in [0.1, 0.15) is 24.4 Å². The van der Waals surface area contributed by atoms with Crippen LogP contribution in [0, 0.1) is 11.3 Å². The van der Waals surface area contributed by atoms with Gasteiger partial charge in [-0.05, 0) is 0 Å². The van der Waals surface area contributed by atoms with Crippen LogP contribution in [-0.4, -0.2) is 75.0 Å². The molecule has 0 amide bonds. The highest BCUT2D eigenvalue weighted by atomic mass is 31.3. The van der Waals surface area contributed by atoms with Crippen LogP contribution in [-0.2, 0) is 37.2 Å². The predicted octanol–water partition coefficient (Wildman–Crippen LogP) is -1.79. The summed E-state index contributed by atoms with van der Waals surface area (Å²) in [5, 5.41) is 47.3. The number of H-pyrrole nitrogens is 1. The van der Waals surface area contributed by atoms with Crippen molar-refractivity contribution in [2.45, 2.75) is 23.9 Å². The van der Waals surface area contributed by atoms with Crippen LogP contribution >= 0.6 is 23.5 Å². The number of hydrogen-bond donors (Lipinski definition) is 8. The number of aliphatic hydroxyl groups is 2. The molecule has 0 radical (unpaired) electrons. The van der Waals surface area contributed by atoms with Crippen LogP contribution in [0.3, 0.4) is 0 Å². The summed E-state index contributed by atoms with van der Waals surface area (Å²) in [5.41, 5.74) is -4.12. The molecule has 1 fully saturated rings. The standard InChI is InChI=1S/C13H15N4O15P3/c14-4-13(6-2-15-17-9-5(6)1-8(18)16-12(9)21)11(20)10(19)7(30-13)3-29-34(25,26)32-35(27,28)31-33(22,23)24/h1-2,7,10-11,19-20H,3H2,(H,25,26)(H,27,28)(H2,16,18,21)(H2,22,23,24)/t7-,10-,11-,13+/m1/s1. The number of aromatic amines is 1. The second-order valence-electron chi connectivity index (χ2n) is 6.83. The smallest absolute Gasteiger partial charge is 0.490 e. The molecule has 0 bridgehead atoms. The number of nitrogens with zero attached hydrogens (tertiary/aromatic N) is 3. The number of aromatic nitrogens is 3. The van der Waals surface area contributed by atoms with Gasteiger partial charge in [-0.3, -0.25) is 14.3 Å². The summed E-state index contributed by atoms with van der Waals surface area (Å²) >= 11 is 0. The number of phosphoric ester groups is 1. The third kappa shape index (κ3) is 5.82. The lowest BCUT2D eigenvalue weighted by Gasteiger charge is -2.25. The Morgan fingerprint density at radius 1 is 1.17 bits per heavy atom. The maximum atomic E-state index is 12.0. The number of hydrogen-bond acceptors (Lipinski definition) is 14. The van der Waals surface area contributed by atoms with Gasteiger partial charge in [-0.1, -0.05) is 0 Å². The molecule has 8 N–H and O–H groups in total. The molecule has 1 saturated heterocycles. The van der Waals surface area contributed by atoms with Crippen molar-refractivity contribution in [1.29, 1.82) is 5.26 Å². The minimum absolute atomic E-state index is 0.206. The molecule has 2 unspecified atom stereocenters. The zero-order valence-electron chi connectivity index (χ0n) is 16.7. The minimum atomic E-state index is -5.82. The molecule has 3 rings (SSSR count). The molecule has 2 aromatic heterocycles. The van der Waals surface area contributed by atoms with Gasteiger partial charge >= 0.3 is 23.5 Å². The summed E-state index contributed by atoms with van der Waals surface area (Å²) in [4.78, 5) is 49.8. The minimum Gasteiger partial charge on any atom is -0.494 e. The van der Waals surface area contributed by atoms with Crippen molar-refractivity contribution >= 4 is 34.4 Å². The molecule has 3 heterocycles. The Morgan fingerprint density at radius 2 is 1.83 bits per heavy atom. The van der Waals surface area contributed by atoms with Gasteiger partial charge in [-0.15, -0.1) is 5.10 Å². The topological polar surface area (TPSA) is 312 Å². The third-order valence-electron chi connectivity index (χ3n) is 4.47. The Bertz CT molecular complexity index is 1390. The molecular formula is C13H15N4O15P3. The van der Waals surface area contributed by atoms with Crippen molar-refractivity contribution in [2.75, 3.05) is 6.61 Å². The number of aliphatic hydroxyl groups excluding tert-OH is 2. The fourth-order valence-corrected chi connectivity index (χ4v) is 6.18. The van der Waals surface area contributed by atoms with E-state index in [0.717, 1.165) is 12.3 Å². The Morgan fingerprint density at radius 3 is 2.43 bits per heavy atom. The van der Waals surface area contributed by atoms with Gasteiger partial charge in [-0.2, -0.15) is 19.0 Å². The SMILES string of the molecule is N#C[C@@]1(c2cnnc3c(=O)[nH]c(O)cc23)O[C@H](COP(=O)(O)OP(=O)(O)OP(=O)(O)O)[C@@H](O)[C@H]1O. The first-order chi connectivity index (χ1) is 16.0. The number of rotatable bonds is 8. The van der Waals surface area contributed by atoms with Crippen LogP contribution in [0.25, 0.3) is 10.9 Å². The fraction of sp³-hybridized carbons (Fsp3) is 0.385. The van der Waals surface area contributed by atoms with Crippen molar-refractivity contribution in [1.82, 2.24) is 15.2 Å². The number of fused-ring (bicyclic) bond motifs is 1. The van der Waals surface area contributed by atoms with Crippen molar-refractivity contribution in [3.63, 3.8) is 0 Å². The fourth-order valence-electron chi connectivity index (χ4n) is 3.15. The van der Waals surface area contributed by atoms with Crippen molar-refractivity contribution in [2.24, 2.45) is 0 Å². The molecule has 0 aliphatic carbocycles. The van der Waals surface area contributed by atoms with Gasteiger partial charge < -0.3 is 39.6 Å². The first kappa shape index (κ1) is 27.5. The summed E-state index contributed by atoms with van der Waals surface area (Å²) < 4.78 is 50.8. The number of ether oxygens (including phenoxy) is 1. The summed E-state index contributed by atoms with van der Waals surface area (Å²) in [6.45, 7) is -1.19. The van der Waals surface area contributed by atoms with Crippen molar-refractivity contribution < 1.29 is 66.5 Å². The molecule has 0 saturated carbocycles. The molecule has 0 aromatic carbocycles. The van der Waals surface area contributed by atoms with E-state index in [1.54, 1.807) is 6.07 Å². The molecule has 19 nitrogen and oxygen atoms in total. The lowest BCUT2D eigenvalue weighted by atomic mass is 9.87. The largest absolute Gasteiger partial charge is 0.494 e. The van der Waals surface area contributed by atoms with E-state index < -0.39 is 65.4 Å². The Kier molecular flexibility index (Phi) is 7.37. The highest BCUT2D eigenvalue weighted by molar-refractivity contribution is 7.66. The molecule has 192 valence electrons. The van der Waals surface area contributed by atoms with Crippen LogP contribution < -0.4 is 5.56 Å². The van der Waals surface area contributed by atoms with Crippen LogP contribution in [0.15, 0.2) is 17.1 Å². The first-order valence-electron chi connectivity index (χ1n) is 8.82. The second kappa shape index (κ2) is 9.39. The number of aromatic hydroxyl groups is 1. The van der Waals surface area contributed by atoms with Crippen LogP contribution in [0.2, 0.25) is 0 Å². The van der Waals surface area contributed by atoms with E-state index in [9.17, 15) is 44.0 Å². The number of pyridine rings is 1. The summed E-state index contributed by atoms with van der Waals surface area (Å²) in [6, 6.07) is 2.55. The average molecular weight is 560 g/mol. The summed E-state index contributed by atoms with van der Waals surface area (Å²) in [7, 11) is -17.1. The van der Waals surface area contributed by atoms with Gasteiger partial charge in [-0.25, -0.2) is 13.7 Å². The molecule has 1 aliphatic rings.